The molecular formula is C17H23NO3. The summed E-state index contributed by atoms with van der Waals surface area (Å²) in [7, 11) is 0. The van der Waals surface area contributed by atoms with Crippen LogP contribution in [0.25, 0.3) is 0 Å². The van der Waals surface area contributed by atoms with Crippen LogP contribution in [-0.4, -0.2) is 23.5 Å². The van der Waals surface area contributed by atoms with Crippen LogP contribution >= 0.6 is 0 Å². The van der Waals surface area contributed by atoms with E-state index in [-0.39, 0.29) is 17.7 Å². The predicted molar refractivity (Wildman–Crippen MR) is 81.0 cm³/mol. The number of hydrogen-bond acceptors (Lipinski definition) is 2. The van der Waals surface area contributed by atoms with Crippen LogP contribution < -0.4 is 5.32 Å². The molecule has 1 aliphatic rings. The molecule has 2 N–H and O–H groups in total. The van der Waals surface area contributed by atoms with Crippen LogP contribution in [0.3, 0.4) is 0 Å². The van der Waals surface area contributed by atoms with Crippen LogP contribution in [0.4, 0.5) is 0 Å². The number of carbonyl (C=O) groups excluding carboxylic acids is 1. The molecule has 4 heteroatoms. The maximum atomic E-state index is 12.3. The summed E-state index contributed by atoms with van der Waals surface area (Å²) < 4.78 is 0. The quantitative estimate of drug-likeness (QED) is 0.876. The van der Waals surface area contributed by atoms with Crippen LogP contribution in [0.2, 0.25) is 0 Å². The van der Waals surface area contributed by atoms with Crippen molar-refractivity contribution in [3.8, 4) is 0 Å². The molecule has 0 aliphatic heterocycles. The van der Waals surface area contributed by atoms with E-state index in [0.717, 1.165) is 12.8 Å². The largest absolute Gasteiger partial charge is 0.481 e. The summed E-state index contributed by atoms with van der Waals surface area (Å²) in [6.45, 7) is 2.61. The summed E-state index contributed by atoms with van der Waals surface area (Å²) in [5.74, 6) is -1.62. The highest BCUT2D eigenvalue weighted by Crippen LogP contribution is 2.30. The second-order valence-electron chi connectivity index (χ2n) is 5.89. The predicted octanol–water partition coefficient (Wildman–Crippen LogP) is 2.80. The molecule has 21 heavy (non-hydrogen) atoms. The van der Waals surface area contributed by atoms with Crippen molar-refractivity contribution in [3.63, 3.8) is 0 Å². The third-order valence-corrected chi connectivity index (χ3v) is 4.37. The molecule has 0 unspecified atom stereocenters. The summed E-state index contributed by atoms with van der Waals surface area (Å²) >= 11 is 0. The molecule has 1 aromatic carbocycles. The van der Waals surface area contributed by atoms with E-state index in [4.69, 9.17) is 0 Å². The van der Waals surface area contributed by atoms with Crippen LogP contribution in [0, 0.1) is 11.8 Å². The smallest absolute Gasteiger partial charge is 0.307 e. The number of benzene rings is 1. The number of aliphatic carboxylic acids is 1. The van der Waals surface area contributed by atoms with Gasteiger partial charge >= 0.3 is 5.97 Å². The van der Waals surface area contributed by atoms with Gasteiger partial charge in [0.05, 0.1) is 11.8 Å². The summed E-state index contributed by atoms with van der Waals surface area (Å²) in [5, 5.41) is 12.2. The van der Waals surface area contributed by atoms with Gasteiger partial charge in [0.2, 0.25) is 5.91 Å². The van der Waals surface area contributed by atoms with Crippen molar-refractivity contribution in [2.75, 3.05) is 6.54 Å². The van der Waals surface area contributed by atoms with Gasteiger partial charge in [-0.1, -0.05) is 50.1 Å². The number of carboxylic acids is 1. The standard InChI is InChI=1S/C17H23NO3/c1-12(13-7-3-2-4-8-13)11-18-16(19)14-9-5-6-10-15(14)17(20)21/h2-4,7-8,12,14-15H,5-6,9-11H2,1H3,(H,18,19)(H,20,21)/t12-,14-,15-/m1/s1. The first-order valence-corrected chi connectivity index (χ1v) is 7.65. The third-order valence-electron chi connectivity index (χ3n) is 4.37. The Bertz CT molecular complexity index is 486. The lowest BCUT2D eigenvalue weighted by atomic mass is 9.78. The average molecular weight is 289 g/mol. The first-order chi connectivity index (χ1) is 10.1. The van der Waals surface area contributed by atoms with E-state index in [0.29, 0.717) is 19.4 Å². The molecule has 0 saturated heterocycles. The lowest BCUT2D eigenvalue weighted by Gasteiger charge is -2.28. The second-order valence-corrected chi connectivity index (χ2v) is 5.89. The van der Waals surface area contributed by atoms with Gasteiger partial charge in [-0.05, 0) is 24.3 Å². The van der Waals surface area contributed by atoms with Crippen LogP contribution in [0.15, 0.2) is 30.3 Å². The fourth-order valence-electron chi connectivity index (χ4n) is 3.02. The SMILES string of the molecule is C[C@H](CNC(=O)[C@@H]1CCCC[C@H]1C(=O)O)c1ccccc1. The number of amides is 1. The Kier molecular flexibility index (Phi) is 5.37. The zero-order valence-electron chi connectivity index (χ0n) is 12.4. The van der Waals surface area contributed by atoms with E-state index in [1.807, 2.05) is 30.3 Å². The van der Waals surface area contributed by atoms with Gasteiger partial charge in [0.1, 0.15) is 0 Å². The van der Waals surface area contributed by atoms with E-state index in [2.05, 4.69) is 12.2 Å². The minimum absolute atomic E-state index is 0.107. The number of carboxylic acid groups (broad SMARTS) is 1. The molecule has 2 rings (SSSR count). The van der Waals surface area contributed by atoms with Crippen molar-refractivity contribution in [3.05, 3.63) is 35.9 Å². The minimum atomic E-state index is -0.842. The zero-order chi connectivity index (χ0) is 15.2. The van der Waals surface area contributed by atoms with Gasteiger partial charge in [-0.2, -0.15) is 0 Å². The molecule has 1 amide bonds. The van der Waals surface area contributed by atoms with Gasteiger partial charge < -0.3 is 10.4 Å². The van der Waals surface area contributed by atoms with Crippen molar-refractivity contribution in [1.82, 2.24) is 5.32 Å². The number of rotatable bonds is 5. The summed E-state index contributed by atoms with van der Waals surface area (Å²) in [4.78, 5) is 23.5. The molecule has 0 spiro atoms. The fraction of sp³-hybridized carbons (Fsp3) is 0.529. The maximum Gasteiger partial charge on any atom is 0.307 e. The molecule has 1 fully saturated rings. The molecule has 0 bridgehead atoms. The highest BCUT2D eigenvalue weighted by Gasteiger charge is 2.35. The number of hydrogen-bond donors (Lipinski definition) is 2. The van der Waals surface area contributed by atoms with Crippen LogP contribution in [0.1, 0.15) is 44.1 Å². The Hall–Kier alpha value is -1.84. The lowest BCUT2D eigenvalue weighted by molar-refractivity contribution is -0.148. The first kappa shape index (κ1) is 15.5. The first-order valence-electron chi connectivity index (χ1n) is 7.65. The summed E-state index contributed by atoms with van der Waals surface area (Å²) in [5.41, 5.74) is 1.18. The average Bonchev–Trinajstić information content (AvgIpc) is 2.53. The Labute approximate surface area is 125 Å². The van der Waals surface area contributed by atoms with E-state index < -0.39 is 11.9 Å². The Morgan fingerprint density at radius 1 is 1.19 bits per heavy atom. The van der Waals surface area contributed by atoms with Crippen molar-refractivity contribution >= 4 is 11.9 Å². The topological polar surface area (TPSA) is 66.4 Å². The van der Waals surface area contributed by atoms with E-state index in [1.165, 1.54) is 5.56 Å². The minimum Gasteiger partial charge on any atom is -0.481 e. The molecule has 1 aromatic rings. The van der Waals surface area contributed by atoms with Crippen molar-refractivity contribution < 1.29 is 14.7 Å². The molecule has 3 atom stereocenters. The lowest BCUT2D eigenvalue weighted by Crippen LogP contribution is -2.40. The van der Waals surface area contributed by atoms with Gasteiger partial charge in [0.15, 0.2) is 0 Å². The fourth-order valence-corrected chi connectivity index (χ4v) is 3.02. The molecule has 114 valence electrons. The second kappa shape index (κ2) is 7.25. The normalized spacial score (nSPS) is 23.3. The van der Waals surface area contributed by atoms with Crippen LogP contribution in [-0.2, 0) is 9.59 Å². The monoisotopic (exact) mass is 289 g/mol. The molecule has 1 aliphatic carbocycles. The van der Waals surface area contributed by atoms with Gasteiger partial charge in [-0.25, -0.2) is 0 Å². The number of nitrogens with one attached hydrogen (secondary N) is 1. The highest BCUT2D eigenvalue weighted by molar-refractivity contribution is 5.84. The van der Waals surface area contributed by atoms with Crippen LogP contribution in [0.5, 0.6) is 0 Å². The van der Waals surface area contributed by atoms with Crippen molar-refractivity contribution in [2.45, 2.75) is 38.5 Å². The molecular weight excluding hydrogens is 266 g/mol. The molecule has 1 saturated carbocycles. The zero-order valence-corrected chi connectivity index (χ0v) is 12.4. The van der Waals surface area contributed by atoms with Crippen molar-refractivity contribution in [1.29, 1.82) is 0 Å². The van der Waals surface area contributed by atoms with Gasteiger partial charge in [-0.3, -0.25) is 9.59 Å². The third kappa shape index (κ3) is 4.06. The summed E-state index contributed by atoms with van der Waals surface area (Å²) in [6.07, 6.45) is 3.14. The number of carbonyl (C=O) groups is 2. The van der Waals surface area contributed by atoms with Crippen molar-refractivity contribution in [2.24, 2.45) is 11.8 Å². The van der Waals surface area contributed by atoms with E-state index in [9.17, 15) is 14.7 Å². The summed E-state index contributed by atoms with van der Waals surface area (Å²) in [6, 6.07) is 10.0. The maximum absolute atomic E-state index is 12.3. The molecule has 0 heterocycles. The molecule has 0 aromatic heterocycles. The van der Waals surface area contributed by atoms with Gasteiger partial charge in [-0.15, -0.1) is 0 Å². The van der Waals surface area contributed by atoms with E-state index in [1.54, 1.807) is 0 Å². The molecule has 0 radical (unpaired) electrons. The van der Waals surface area contributed by atoms with E-state index >= 15 is 0 Å². The highest BCUT2D eigenvalue weighted by atomic mass is 16.4. The van der Waals surface area contributed by atoms with Gasteiger partial charge in [0.25, 0.3) is 0 Å². The Morgan fingerprint density at radius 2 is 1.81 bits per heavy atom. The molecule has 4 nitrogen and oxygen atoms in total. The van der Waals surface area contributed by atoms with Gasteiger partial charge in [0, 0.05) is 6.54 Å². The Morgan fingerprint density at radius 3 is 2.43 bits per heavy atom. The Balaban J connectivity index is 1.90.